The number of hydrogen-bond acceptors (Lipinski definition) is 4. The third kappa shape index (κ3) is 4.93. The molecule has 94 valence electrons. The van der Waals surface area contributed by atoms with Crippen LogP contribution in [0.3, 0.4) is 0 Å². The quantitative estimate of drug-likeness (QED) is 0.672. The molecule has 1 rings (SSSR count). The molecule has 2 N–H and O–H groups in total. The minimum atomic E-state index is -0.0795. The van der Waals surface area contributed by atoms with Crippen molar-refractivity contribution in [2.24, 2.45) is 0 Å². The summed E-state index contributed by atoms with van der Waals surface area (Å²) in [6, 6.07) is 1.83. The van der Waals surface area contributed by atoms with Gasteiger partial charge in [-0.3, -0.25) is 9.78 Å². The summed E-state index contributed by atoms with van der Waals surface area (Å²) in [6.07, 6.45) is 3.27. The van der Waals surface area contributed by atoms with E-state index in [0.29, 0.717) is 18.7 Å². The van der Waals surface area contributed by atoms with Gasteiger partial charge in [0.25, 0.3) is 5.91 Å². The van der Waals surface area contributed by atoms with Gasteiger partial charge in [0.1, 0.15) is 0 Å². The zero-order valence-corrected chi connectivity index (χ0v) is 10.3. The van der Waals surface area contributed by atoms with Crippen molar-refractivity contribution < 1.29 is 9.53 Å². The van der Waals surface area contributed by atoms with Gasteiger partial charge in [-0.25, -0.2) is 0 Å². The molecule has 0 unspecified atom stereocenters. The Morgan fingerprint density at radius 3 is 2.94 bits per heavy atom. The van der Waals surface area contributed by atoms with Crippen LogP contribution in [0.25, 0.3) is 0 Å². The van der Waals surface area contributed by atoms with Crippen molar-refractivity contribution in [3.8, 4) is 0 Å². The summed E-state index contributed by atoms with van der Waals surface area (Å²) in [5.74, 6) is -0.0795. The molecule has 0 aromatic carbocycles. The molecule has 5 heteroatoms. The van der Waals surface area contributed by atoms with Gasteiger partial charge >= 0.3 is 0 Å². The molecule has 0 radical (unpaired) electrons. The first-order chi connectivity index (χ1) is 8.25. The molecule has 0 aliphatic heterocycles. The summed E-state index contributed by atoms with van der Waals surface area (Å²) in [5.41, 5.74) is 1.56. The van der Waals surface area contributed by atoms with Crippen molar-refractivity contribution in [3.05, 3.63) is 29.6 Å². The van der Waals surface area contributed by atoms with E-state index in [2.05, 4.69) is 15.6 Å². The molecule has 17 heavy (non-hydrogen) atoms. The second kappa shape index (κ2) is 7.76. The average molecular weight is 237 g/mol. The number of amides is 1. The molecule has 1 aromatic rings. The lowest BCUT2D eigenvalue weighted by Gasteiger charge is -2.07. The zero-order valence-electron chi connectivity index (χ0n) is 10.3. The first-order valence-electron chi connectivity index (χ1n) is 5.64. The van der Waals surface area contributed by atoms with Crippen molar-refractivity contribution in [1.82, 2.24) is 15.6 Å². The summed E-state index contributed by atoms with van der Waals surface area (Å²) in [6.45, 7) is 4.69. The van der Waals surface area contributed by atoms with Crippen LogP contribution in [0.1, 0.15) is 15.9 Å². The molecular formula is C12H19N3O2. The summed E-state index contributed by atoms with van der Waals surface area (Å²) in [4.78, 5) is 15.7. The average Bonchev–Trinajstić information content (AvgIpc) is 2.34. The van der Waals surface area contributed by atoms with Crippen molar-refractivity contribution in [2.75, 3.05) is 33.4 Å². The number of carbonyl (C=O) groups excluding carboxylic acids is 1. The molecule has 1 aromatic heterocycles. The van der Waals surface area contributed by atoms with Crippen molar-refractivity contribution >= 4 is 5.91 Å². The highest BCUT2D eigenvalue weighted by molar-refractivity contribution is 5.95. The van der Waals surface area contributed by atoms with Gasteiger partial charge in [-0.05, 0) is 18.6 Å². The Balaban J connectivity index is 2.24. The van der Waals surface area contributed by atoms with E-state index in [1.165, 1.54) is 0 Å². The number of methoxy groups -OCH3 is 1. The molecule has 0 bridgehead atoms. The van der Waals surface area contributed by atoms with E-state index in [0.717, 1.165) is 18.7 Å². The predicted molar refractivity (Wildman–Crippen MR) is 66.1 cm³/mol. The lowest BCUT2D eigenvalue weighted by Crippen LogP contribution is -2.33. The smallest absolute Gasteiger partial charge is 0.253 e. The number of nitrogens with zero attached hydrogens (tertiary/aromatic N) is 1. The van der Waals surface area contributed by atoms with E-state index in [4.69, 9.17) is 4.74 Å². The predicted octanol–water partition coefficient (Wildman–Crippen LogP) is 0.356. The standard InChI is InChI=1S/C12H19N3O2/c1-10-3-4-14-9-11(10)12(16)15-6-5-13-7-8-17-2/h3-4,9,13H,5-8H2,1-2H3,(H,15,16). The molecule has 0 saturated heterocycles. The molecule has 1 heterocycles. The number of aryl methyl sites for hydroxylation is 1. The van der Waals surface area contributed by atoms with E-state index in [1.54, 1.807) is 19.5 Å². The van der Waals surface area contributed by atoms with Crippen LogP contribution in [0.5, 0.6) is 0 Å². The van der Waals surface area contributed by atoms with Crippen LogP contribution in [0.4, 0.5) is 0 Å². The molecule has 0 aliphatic carbocycles. The fourth-order valence-electron chi connectivity index (χ4n) is 1.36. The Hall–Kier alpha value is -1.46. The SMILES string of the molecule is COCCNCCNC(=O)c1cnccc1C. The first kappa shape index (κ1) is 13.6. The van der Waals surface area contributed by atoms with E-state index < -0.39 is 0 Å². The summed E-state index contributed by atoms with van der Waals surface area (Å²) < 4.78 is 4.90. The monoisotopic (exact) mass is 237 g/mol. The van der Waals surface area contributed by atoms with Gasteiger partial charge in [-0.15, -0.1) is 0 Å². The fourth-order valence-corrected chi connectivity index (χ4v) is 1.36. The first-order valence-corrected chi connectivity index (χ1v) is 5.64. The number of rotatable bonds is 7. The fraction of sp³-hybridized carbons (Fsp3) is 0.500. The van der Waals surface area contributed by atoms with E-state index in [-0.39, 0.29) is 5.91 Å². The second-order valence-electron chi connectivity index (χ2n) is 3.69. The highest BCUT2D eigenvalue weighted by Crippen LogP contribution is 2.03. The molecule has 1 amide bonds. The number of ether oxygens (including phenoxy) is 1. The van der Waals surface area contributed by atoms with Gasteiger partial charge in [-0.1, -0.05) is 0 Å². The van der Waals surface area contributed by atoms with Gasteiger partial charge < -0.3 is 15.4 Å². The Kier molecular flexibility index (Phi) is 6.21. The molecule has 0 aliphatic rings. The lowest BCUT2D eigenvalue weighted by molar-refractivity contribution is 0.0952. The van der Waals surface area contributed by atoms with Gasteiger partial charge in [0, 0.05) is 39.1 Å². The van der Waals surface area contributed by atoms with E-state index >= 15 is 0 Å². The number of hydrogen-bond donors (Lipinski definition) is 2. The Labute approximate surface area is 102 Å². The van der Waals surface area contributed by atoms with Crippen molar-refractivity contribution in [2.45, 2.75) is 6.92 Å². The van der Waals surface area contributed by atoms with Crippen LogP contribution >= 0.6 is 0 Å². The van der Waals surface area contributed by atoms with Crippen LogP contribution in [0.2, 0.25) is 0 Å². The van der Waals surface area contributed by atoms with Gasteiger partial charge in [0.2, 0.25) is 0 Å². The van der Waals surface area contributed by atoms with Crippen molar-refractivity contribution in [3.63, 3.8) is 0 Å². The van der Waals surface area contributed by atoms with E-state index in [9.17, 15) is 4.79 Å². The third-order valence-corrected chi connectivity index (χ3v) is 2.35. The maximum atomic E-state index is 11.8. The summed E-state index contributed by atoms with van der Waals surface area (Å²) in [7, 11) is 1.66. The maximum absolute atomic E-state index is 11.8. The Morgan fingerprint density at radius 1 is 1.41 bits per heavy atom. The topological polar surface area (TPSA) is 63.2 Å². The van der Waals surface area contributed by atoms with Gasteiger partial charge in [0.15, 0.2) is 0 Å². The minimum absolute atomic E-state index is 0.0795. The van der Waals surface area contributed by atoms with Gasteiger partial charge in [0.05, 0.1) is 12.2 Å². The molecule has 0 spiro atoms. The maximum Gasteiger partial charge on any atom is 0.253 e. The normalized spacial score (nSPS) is 10.2. The van der Waals surface area contributed by atoms with Crippen LogP contribution in [0, 0.1) is 6.92 Å². The number of pyridine rings is 1. The molecule has 5 nitrogen and oxygen atoms in total. The zero-order chi connectivity index (χ0) is 12.5. The Morgan fingerprint density at radius 2 is 2.24 bits per heavy atom. The number of nitrogens with one attached hydrogen (secondary N) is 2. The van der Waals surface area contributed by atoms with Crippen LogP contribution < -0.4 is 10.6 Å². The molecule has 0 fully saturated rings. The third-order valence-electron chi connectivity index (χ3n) is 2.35. The molecule has 0 atom stereocenters. The minimum Gasteiger partial charge on any atom is -0.383 e. The lowest BCUT2D eigenvalue weighted by atomic mass is 10.1. The van der Waals surface area contributed by atoms with Gasteiger partial charge in [-0.2, -0.15) is 0 Å². The molecule has 0 saturated carbocycles. The van der Waals surface area contributed by atoms with E-state index in [1.807, 2.05) is 13.0 Å². The number of aromatic nitrogens is 1. The number of carbonyl (C=O) groups is 1. The second-order valence-corrected chi connectivity index (χ2v) is 3.69. The van der Waals surface area contributed by atoms with Crippen LogP contribution in [0.15, 0.2) is 18.5 Å². The summed E-state index contributed by atoms with van der Waals surface area (Å²) >= 11 is 0. The van der Waals surface area contributed by atoms with Crippen molar-refractivity contribution in [1.29, 1.82) is 0 Å². The van der Waals surface area contributed by atoms with Crippen LogP contribution in [-0.4, -0.2) is 44.2 Å². The summed E-state index contributed by atoms with van der Waals surface area (Å²) in [5, 5.41) is 5.99. The highest BCUT2D eigenvalue weighted by Gasteiger charge is 2.07. The Bertz CT molecular complexity index is 355. The molecular weight excluding hydrogens is 218 g/mol. The highest BCUT2D eigenvalue weighted by atomic mass is 16.5. The van der Waals surface area contributed by atoms with Crippen LogP contribution in [-0.2, 0) is 4.74 Å². The largest absolute Gasteiger partial charge is 0.383 e.